The van der Waals surface area contributed by atoms with Crippen LogP contribution in [0.5, 0.6) is 0 Å². The van der Waals surface area contributed by atoms with Gasteiger partial charge in [-0.15, -0.1) is 0 Å². The van der Waals surface area contributed by atoms with Gasteiger partial charge in [-0.3, -0.25) is 4.68 Å². The molecule has 20 heavy (non-hydrogen) atoms. The summed E-state index contributed by atoms with van der Waals surface area (Å²) in [7, 11) is 4.19. The molecule has 0 aliphatic heterocycles. The summed E-state index contributed by atoms with van der Waals surface area (Å²) in [5.74, 6) is 1.16. The van der Waals surface area contributed by atoms with Crippen LogP contribution >= 0.6 is 27.7 Å². The van der Waals surface area contributed by atoms with Gasteiger partial charge >= 0.3 is 0 Å². The molecule has 1 atom stereocenters. The van der Waals surface area contributed by atoms with Crippen LogP contribution in [0.3, 0.4) is 0 Å². The molecular formula is C14H27BrN4S. The van der Waals surface area contributed by atoms with Crippen molar-refractivity contribution in [2.45, 2.75) is 32.4 Å². The molecule has 0 fully saturated rings. The van der Waals surface area contributed by atoms with Gasteiger partial charge in [-0.2, -0.15) is 16.9 Å². The molecule has 1 heterocycles. The zero-order chi connectivity index (χ0) is 15.0. The van der Waals surface area contributed by atoms with Gasteiger partial charge in [-0.25, -0.2) is 0 Å². The number of hydrogen-bond donors (Lipinski definition) is 1. The van der Waals surface area contributed by atoms with Crippen LogP contribution in [0.4, 0.5) is 0 Å². The molecule has 0 saturated carbocycles. The van der Waals surface area contributed by atoms with E-state index >= 15 is 0 Å². The van der Waals surface area contributed by atoms with Crippen LogP contribution in [0.15, 0.2) is 10.7 Å². The minimum absolute atomic E-state index is 0.376. The van der Waals surface area contributed by atoms with Gasteiger partial charge < -0.3 is 10.2 Å². The predicted octanol–water partition coefficient (Wildman–Crippen LogP) is 3.00. The molecule has 1 unspecified atom stereocenters. The van der Waals surface area contributed by atoms with Crippen LogP contribution in [0.25, 0.3) is 0 Å². The third-order valence-electron chi connectivity index (χ3n) is 3.17. The SMILES string of the molecule is CCCNC(CCSC)c1c(Br)cnn1CCN(C)C. The monoisotopic (exact) mass is 362 g/mol. The predicted molar refractivity (Wildman–Crippen MR) is 92.5 cm³/mol. The summed E-state index contributed by atoms with van der Waals surface area (Å²) in [4.78, 5) is 2.19. The number of nitrogens with one attached hydrogen (secondary N) is 1. The van der Waals surface area contributed by atoms with E-state index in [1.54, 1.807) is 0 Å². The fourth-order valence-corrected chi connectivity index (χ4v) is 3.12. The van der Waals surface area contributed by atoms with Crippen LogP contribution in [-0.4, -0.2) is 53.9 Å². The van der Waals surface area contributed by atoms with Crippen molar-refractivity contribution < 1.29 is 0 Å². The van der Waals surface area contributed by atoms with Gasteiger partial charge in [0.1, 0.15) is 0 Å². The molecule has 1 aromatic heterocycles. The standard InChI is InChI=1S/C14H27BrN4S/c1-5-7-16-13(6-10-20-4)14-12(15)11-17-19(14)9-8-18(2)3/h11,13,16H,5-10H2,1-4H3. The van der Waals surface area contributed by atoms with Gasteiger partial charge in [0.2, 0.25) is 0 Å². The van der Waals surface area contributed by atoms with Crippen molar-refractivity contribution in [2.24, 2.45) is 0 Å². The molecule has 0 spiro atoms. The summed E-state index contributed by atoms with van der Waals surface area (Å²) in [5, 5.41) is 8.18. The number of rotatable bonds is 10. The van der Waals surface area contributed by atoms with Crippen molar-refractivity contribution >= 4 is 27.7 Å². The minimum Gasteiger partial charge on any atom is -0.309 e. The molecule has 0 aliphatic rings. The lowest BCUT2D eigenvalue weighted by Crippen LogP contribution is -2.27. The van der Waals surface area contributed by atoms with E-state index in [1.807, 2.05) is 18.0 Å². The molecule has 4 nitrogen and oxygen atoms in total. The van der Waals surface area contributed by atoms with Gasteiger partial charge in [0.05, 0.1) is 29.0 Å². The van der Waals surface area contributed by atoms with E-state index in [1.165, 1.54) is 5.69 Å². The molecular weight excluding hydrogens is 336 g/mol. The van der Waals surface area contributed by atoms with E-state index in [4.69, 9.17) is 0 Å². The molecule has 0 aromatic carbocycles. The Hall–Kier alpha value is -0.0400. The molecule has 0 amide bonds. The first kappa shape index (κ1) is 18.0. The Morgan fingerprint density at radius 2 is 2.25 bits per heavy atom. The topological polar surface area (TPSA) is 33.1 Å². The number of aromatic nitrogens is 2. The lowest BCUT2D eigenvalue weighted by molar-refractivity contribution is 0.360. The highest BCUT2D eigenvalue weighted by Crippen LogP contribution is 2.26. The Morgan fingerprint density at radius 1 is 1.50 bits per heavy atom. The van der Waals surface area contributed by atoms with Crippen molar-refractivity contribution in [1.29, 1.82) is 0 Å². The second kappa shape index (κ2) is 9.82. The summed E-state index contributed by atoms with van der Waals surface area (Å²) in [6.07, 6.45) is 6.37. The number of nitrogens with zero attached hydrogens (tertiary/aromatic N) is 3. The molecule has 0 saturated heterocycles. The fraction of sp³-hybridized carbons (Fsp3) is 0.786. The number of thioether (sulfide) groups is 1. The average molecular weight is 363 g/mol. The fourth-order valence-electron chi connectivity index (χ4n) is 2.08. The molecule has 6 heteroatoms. The Labute approximate surface area is 135 Å². The number of hydrogen-bond acceptors (Lipinski definition) is 4. The lowest BCUT2D eigenvalue weighted by Gasteiger charge is -2.21. The maximum atomic E-state index is 4.52. The Kier molecular flexibility index (Phi) is 8.84. The van der Waals surface area contributed by atoms with Gasteiger partial charge in [0, 0.05) is 6.54 Å². The second-order valence-electron chi connectivity index (χ2n) is 5.19. The molecule has 0 bridgehead atoms. The van der Waals surface area contributed by atoms with Crippen LogP contribution in [0.2, 0.25) is 0 Å². The highest BCUT2D eigenvalue weighted by Gasteiger charge is 2.19. The smallest absolute Gasteiger partial charge is 0.0696 e. The summed E-state index contributed by atoms with van der Waals surface area (Å²) < 4.78 is 3.25. The first-order valence-corrected chi connectivity index (χ1v) is 9.37. The molecule has 1 aromatic rings. The average Bonchev–Trinajstić information content (AvgIpc) is 2.78. The summed E-state index contributed by atoms with van der Waals surface area (Å²) in [5.41, 5.74) is 1.29. The Balaban J connectivity index is 2.83. The molecule has 1 N–H and O–H groups in total. The lowest BCUT2D eigenvalue weighted by atomic mass is 10.1. The molecule has 116 valence electrons. The van der Waals surface area contributed by atoms with Gasteiger partial charge in [-0.05, 0) is 61.4 Å². The van der Waals surface area contributed by atoms with E-state index in [9.17, 15) is 0 Å². The van der Waals surface area contributed by atoms with E-state index in [-0.39, 0.29) is 0 Å². The second-order valence-corrected chi connectivity index (χ2v) is 7.03. The van der Waals surface area contributed by atoms with Crippen LogP contribution in [0, 0.1) is 0 Å². The molecule has 0 radical (unpaired) electrons. The van der Waals surface area contributed by atoms with Crippen LogP contribution in [0.1, 0.15) is 31.5 Å². The van der Waals surface area contributed by atoms with Gasteiger partial charge in [-0.1, -0.05) is 6.92 Å². The normalized spacial score (nSPS) is 13.1. The third kappa shape index (κ3) is 5.76. The number of halogens is 1. The summed E-state index contributed by atoms with van der Waals surface area (Å²) >= 11 is 5.56. The zero-order valence-corrected chi connectivity index (χ0v) is 15.4. The van der Waals surface area contributed by atoms with Crippen LogP contribution < -0.4 is 5.32 Å². The molecule has 0 aliphatic carbocycles. The van der Waals surface area contributed by atoms with E-state index < -0.39 is 0 Å². The quantitative estimate of drug-likeness (QED) is 0.693. The van der Waals surface area contributed by atoms with E-state index in [2.05, 4.69) is 63.2 Å². The van der Waals surface area contributed by atoms with Crippen molar-refractivity contribution in [3.8, 4) is 0 Å². The zero-order valence-electron chi connectivity index (χ0n) is 13.0. The third-order valence-corrected chi connectivity index (χ3v) is 4.43. The van der Waals surface area contributed by atoms with Crippen molar-refractivity contribution in [2.75, 3.05) is 39.2 Å². The largest absolute Gasteiger partial charge is 0.309 e. The Bertz CT molecular complexity index is 373. The van der Waals surface area contributed by atoms with Crippen molar-refractivity contribution in [1.82, 2.24) is 20.0 Å². The number of likely N-dealkylation sites (N-methyl/N-ethyl adjacent to an activating group) is 1. The summed E-state index contributed by atoms with van der Waals surface area (Å²) in [6.45, 7) is 5.18. The van der Waals surface area contributed by atoms with Crippen LogP contribution in [-0.2, 0) is 6.54 Å². The minimum atomic E-state index is 0.376. The van der Waals surface area contributed by atoms with Crippen molar-refractivity contribution in [3.63, 3.8) is 0 Å². The summed E-state index contributed by atoms with van der Waals surface area (Å²) in [6, 6.07) is 0.376. The maximum Gasteiger partial charge on any atom is 0.0696 e. The first-order chi connectivity index (χ1) is 9.60. The van der Waals surface area contributed by atoms with Crippen molar-refractivity contribution in [3.05, 3.63) is 16.4 Å². The Morgan fingerprint density at radius 3 is 2.85 bits per heavy atom. The van der Waals surface area contributed by atoms with Gasteiger partial charge in [0.15, 0.2) is 0 Å². The van der Waals surface area contributed by atoms with E-state index in [0.29, 0.717) is 6.04 Å². The van der Waals surface area contributed by atoms with Gasteiger partial charge in [0.25, 0.3) is 0 Å². The first-order valence-electron chi connectivity index (χ1n) is 7.18. The highest BCUT2D eigenvalue weighted by molar-refractivity contribution is 9.10. The molecule has 1 rings (SSSR count). The highest BCUT2D eigenvalue weighted by atomic mass is 79.9. The maximum absolute atomic E-state index is 4.52. The van der Waals surface area contributed by atoms with E-state index in [0.717, 1.165) is 42.7 Å².